The second-order valence-corrected chi connectivity index (χ2v) is 5.96. The van der Waals surface area contributed by atoms with Crippen molar-refractivity contribution in [3.8, 4) is 0 Å². The van der Waals surface area contributed by atoms with Gasteiger partial charge in [-0.15, -0.1) is 0 Å². The molecule has 1 heterocycles. The van der Waals surface area contributed by atoms with E-state index in [4.69, 9.17) is 22.1 Å². The highest BCUT2D eigenvalue weighted by Crippen LogP contribution is 2.20. The van der Waals surface area contributed by atoms with E-state index in [0.29, 0.717) is 13.0 Å². The lowest BCUT2D eigenvalue weighted by Gasteiger charge is -2.14. The normalized spacial score (nSPS) is 13.5. The maximum atomic E-state index is 12.0. The fraction of sp³-hybridized carbons (Fsp3) is 0.500. The van der Waals surface area contributed by atoms with Crippen LogP contribution in [0.2, 0.25) is 5.02 Å². The number of rotatable bonds is 6. The van der Waals surface area contributed by atoms with Gasteiger partial charge in [0, 0.05) is 26.0 Å². The van der Waals surface area contributed by atoms with Crippen LogP contribution in [0.3, 0.4) is 0 Å². The number of sulfonamides is 1. The summed E-state index contributed by atoms with van der Waals surface area (Å²) in [6.45, 7) is 2.21. The Bertz CT molecular complexity index is 507. The van der Waals surface area contributed by atoms with Crippen LogP contribution in [0.1, 0.15) is 13.3 Å². The van der Waals surface area contributed by atoms with E-state index in [2.05, 4.69) is 9.71 Å². The summed E-state index contributed by atoms with van der Waals surface area (Å²) in [5.41, 5.74) is 5.54. The number of ether oxygens (including phenoxy) is 1. The molecule has 0 amide bonds. The largest absolute Gasteiger partial charge is 0.385 e. The molecular formula is C10H16ClN3O3S. The zero-order valence-electron chi connectivity index (χ0n) is 10.2. The van der Waals surface area contributed by atoms with Crippen LogP contribution >= 0.6 is 11.6 Å². The Morgan fingerprint density at radius 2 is 2.28 bits per heavy atom. The zero-order valence-corrected chi connectivity index (χ0v) is 11.8. The number of nitrogens with one attached hydrogen (secondary N) is 1. The number of hydrogen-bond acceptors (Lipinski definition) is 5. The third-order valence-corrected chi connectivity index (χ3v) is 4.07. The number of methoxy groups -OCH3 is 1. The fourth-order valence-corrected chi connectivity index (χ4v) is 2.94. The highest BCUT2D eigenvalue weighted by molar-refractivity contribution is 7.89. The number of nitrogens with zero attached hydrogens (tertiary/aromatic N) is 1. The first-order valence-electron chi connectivity index (χ1n) is 5.29. The summed E-state index contributed by atoms with van der Waals surface area (Å²) in [6, 6.07) is 1.00. The Labute approximate surface area is 112 Å². The van der Waals surface area contributed by atoms with Gasteiger partial charge in [-0.1, -0.05) is 11.6 Å². The summed E-state index contributed by atoms with van der Waals surface area (Å²) < 4.78 is 31.5. The molecule has 6 nitrogen and oxygen atoms in total. The molecule has 0 aromatic carbocycles. The minimum atomic E-state index is -3.72. The summed E-state index contributed by atoms with van der Waals surface area (Å²) >= 11 is 5.71. The molecule has 8 heteroatoms. The van der Waals surface area contributed by atoms with Gasteiger partial charge < -0.3 is 10.5 Å². The molecule has 102 valence electrons. The van der Waals surface area contributed by atoms with E-state index in [0.717, 1.165) is 0 Å². The number of pyridine rings is 1. The van der Waals surface area contributed by atoms with E-state index in [1.54, 1.807) is 14.0 Å². The molecule has 3 N–H and O–H groups in total. The van der Waals surface area contributed by atoms with Crippen molar-refractivity contribution in [2.24, 2.45) is 0 Å². The lowest BCUT2D eigenvalue weighted by Crippen LogP contribution is -2.33. The number of nitrogen functional groups attached to an aromatic ring is 1. The predicted molar refractivity (Wildman–Crippen MR) is 69.9 cm³/mol. The molecule has 0 bridgehead atoms. The molecule has 1 aromatic rings. The Hall–Kier alpha value is -0.890. The molecule has 0 unspecified atom stereocenters. The first-order chi connectivity index (χ1) is 8.36. The Morgan fingerprint density at radius 1 is 1.61 bits per heavy atom. The van der Waals surface area contributed by atoms with Crippen molar-refractivity contribution >= 4 is 27.4 Å². The van der Waals surface area contributed by atoms with Gasteiger partial charge in [-0.25, -0.2) is 18.1 Å². The molecule has 0 saturated heterocycles. The van der Waals surface area contributed by atoms with E-state index in [9.17, 15) is 8.42 Å². The van der Waals surface area contributed by atoms with Gasteiger partial charge in [0.2, 0.25) is 10.0 Å². The van der Waals surface area contributed by atoms with Crippen molar-refractivity contribution in [2.75, 3.05) is 19.5 Å². The van der Waals surface area contributed by atoms with Crippen LogP contribution in [0.15, 0.2) is 17.2 Å². The fourth-order valence-electron chi connectivity index (χ4n) is 1.33. The van der Waals surface area contributed by atoms with Gasteiger partial charge in [-0.2, -0.15) is 0 Å². The molecule has 0 saturated carbocycles. The van der Waals surface area contributed by atoms with Crippen molar-refractivity contribution in [3.63, 3.8) is 0 Å². The van der Waals surface area contributed by atoms with Crippen LogP contribution in [-0.4, -0.2) is 33.2 Å². The SMILES string of the molecule is COCC[C@H](C)NS(=O)(=O)c1cc(Cl)cnc1N. The number of aromatic nitrogens is 1. The van der Waals surface area contributed by atoms with E-state index in [1.807, 2.05) is 0 Å². The summed E-state index contributed by atoms with van der Waals surface area (Å²) in [7, 11) is -2.16. The monoisotopic (exact) mass is 293 g/mol. The maximum Gasteiger partial charge on any atom is 0.244 e. The first kappa shape index (κ1) is 15.2. The van der Waals surface area contributed by atoms with Crippen LogP contribution in [0.5, 0.6) is 0 Å². The number of nitrogens with two attached hydrogens (primary N) is 1. The average molecular weight is 294 g/mol. The second kappa shape index (κ2) is 6.33. The van der Waals surface area contributed by atoms with Gasteiger partial charge in [0.15, 0.2) is 0 Å². The number of halogens is 1. The lowest BCUT2D eigenvalue weighted by molar-refractivity contribution is 0.188. The molecule has 18 heavy (non-hydrogen) atoms. The molecule has 1 rings (SSSR count). The summed E-state index contributed by atoms with van der Waals surface area (Å²) in [5.74, 6) is -0.0779. The first-order valence-corrected chi connectivity index (χ1v) is 7.15. The smallest absolute Gasteiger partial charge is 0.244 e. The quantitative estimate of drug-likeness (QED) is 0.816. The molecule has 0 aliphatic heterocycles. The summed E-state index contributed by atoms with van der Waals surface area (Å²) in [5, 5.41) is 0.217. The standard InChI is InChI=1S/C10H16ClN3O3S/c1-7(3-4-17-2)14-18(15,16)9-5-8(11)6-13-10(9)12/h5-7,14H,3-4H2,1-2H3,(H2,12,13)/t7-/m0/s1. The van der Waals surface area contributed by atoms with Crippen LogP contribution in [0.4, 0.5) is 5.82 Å². The van der Waals surface area contributed by atoms with Gasteiger partial charge >= 0.3 is 0 Å². The van der Waals surface area contributed by atoms with Gasteiger partial charge in [0.25, 0.3) is 0 Å². The average Bonchev–Trinajstić information content (AvgIpc) is 2.29. The van der Waals surface area contributed by atoms with Crippen molar-refractivity contribution in [3.05, 3.63) is 17.3 Å². The number of anilines is 1. The highest BCUT2D eigenvalue weighted by Gasteiger charge is 2.21. The van der Waals surface area contributed by atoms with E-state index in [1.165, 1.54) is 12.3 Å². The summed E-state index contributed by atoms with van der Waals surface area (Å²) in [4.78, 5) is 3.60. The van der Waals surface area contributed by atoms with Crippen molar-refractivity contribution in [2.45, 2.75) is 24.3 Å². The van der Waals surface area contributed by atoms with Gasteiger partial charge in [-0.05, 0) is 19.4 Å². The van der Waals surface area contributed by atoms with Crippen LogP contribution in [-0.2, 0) is 14.8 Å². The minimum Gasteiger partial charge on any atom is -0.385 e. The molecule has 0 fully saturated rings. The van der Waals surface area contributed by atoms with E-state index in [-0.39, 0.29) is 21.8 Å². The predicted octanol–water partition coefficient (Wildman–Crippen LogP) is 1.02. The minimum absolute atomic E-state index is 0.0779. The highest BCUT2D eigenvalue weighted by atomic mass is 35.5. The Kier molecular flexibility index (Phi) is 5.33. The van der Waals surface area contributed by atoms with Gasteiger partial charge in [0.05, 0.1) is 5.02 Å². The van der Waals surface area contributed by atoms with E-state index < -0.39 is 10.0 Å². The van der Waals surface area contributed by atoms with Crippen LogP contribution in [0.25, 0.3) is 0 Å². The molecule has 1 aromatic heterocycles. The molecule has 0 aliphatic carbocycles. The molecule has 1 atom stereocenters. The Morgan fingerprint density at radius 3 is 2.89 bits per heavy atom. The topological polar surface area (TPSA) is 94.3 Å². The van der Waals surface area contributed by atoms with Crippen molar-refractivity contribution in [1.29, 1.82) is 0 Å². The van der Waals surface area contributed by atoms with Crippen molar-refractivity contribution in [1.82, 2.24) is 9.71 Å². The van der Waals surface area contributed by atoms with Crippen LogP contribution in [0, 0.1) is 0 Å². The summed E-state index contributed by atoms with van der Waals surface area (Å²) in [6.07, 6.45) is 1.86. The van der Waals surface area contributed by atoms with Crippen molar-refractivity contribution < 1.29 is 13.2 Å². The second-order valence-electron chi connectivity index (χ2n) is 3.84. The molecular weight excluding hydrogens is 278 g/mol. The molecule has 0 spiro atoms. The zero-order chi connectivity index (χ0) is 13.8. The lowest BCUT2D eigenvalue weighted by atomic mass is 10.3. The van der Waals surface area contributed by atoms with Crippen LogP contribution < -0.4 is 10.5 Å². The number of hydrogen-bond donors (Lipinski definition) is 2. The van der Waals surface area contributed by atoms with E-state index >= 15 is 0 Å². The third-order valence-electron chi connectivity index (χ3n) is 2.25. The molecule has 0 radical (unpaired) electrons. The third kappa shape index (κ3) is 4.09. The van der Waals surface area contributed by atoms with Gasteiger partial charge in [0.1, 0.15) is 10.7 Å². The Balaban J connectivity index is 2.89. The molecule has 0 aliphatic rings. The van der Waals surface area contributed by atoms with Gasteiger partial charge in [-0.3, -0.25) is 0 Å². The maximum absolute atomic E-state index is 12.0.